The Balaban J connectivity index is 1.20. The molecule has 12 heteroatoms. The molecule has 0 radical (unpaired) electrons. The van der Waals surface area contributed by atoms with Gasteiger partial charge in [0.1, 0.15) is 5.69 Å². The van der Waals surface area contributed by atoms with E-state index in [2.05, 4.69) is 44.1 Å². The predicted molar refractivity (Wildman–Crippen MR) is 138 cm³/mol. The normalized spacial score (nSPS) is 19.5. The fourth-order valence-electron chi connectivity index (χ4n) is 4.43. The minimum atomic E-state index is -0.540. The van der Waals surface area contributed by atoms with Gasteiger partial charge < -0.3 is 19.7 Å². The van der Waals surface area contributed by atoms with Crippen LogP contribution in [0.3, 0.4) is 0 Å². The average molecular weight is 528 g/mol. The number of benzene rings is 1. The van der Waals surface area contributed by atoms with Crippen molar-refractivity contribution in [2.24, 2.45) is 0 Å². The molecule has 10 nitrogen and oxygen atoms in total. The lowest BCUT2D eigenvalue weighted by atomic mass is 9.93. The molecule has 2 atom stereocenters. The number of rotatable bonds is 7. The highest BCUT2D eigenvalue weighted by Crippen LogP contribution is 2.34. The maximum Gasteiger partial charge on any atom is 0.288 e. The maximum atomic E-state index is 14.2. The number of carbonyl (C=O) groups excluding carboxylic acids is 1. The van der Waals surface area contributed by atoms with Gasteiger partial charge in [-0.2, -0.15) is 4.98 Å². The molecular weight excluding hydrogens is 501 g/mol. The van der Waals surface area contributed by atoms with E-state index in [1.165, 1.54) is 0 Å². The molecular formula is C25H27ClFN7O3. The zero-order valence-corrected chi connectivity index (χ0v) is 21.0. The Hall–Kier alpha value is -3.54. The van der Waals surface area contributed by atoms with Crippen molar-refractivity contribution in [1.29, 1.82) is 0 Å². The fourth-order valence-corrected chi connectivity index (χ4v) is 4.67. The summed E-state index contributed by atoms with van der Waals surface area (Å²) in [4.78, 5) is 26.6. The van der Waals surface area contributed by atoms with Crippen molar-refractivity contribution in [3.8, 4) is 0 Å². The maximum absolute atomic E-state index is 14.2. The number of nitrogens with zero attached hydrogens (tertiary/aromatic N) is 4. The third-order valence-electron chi connectivity index (χ3n) is 6.33. The first kappa shape index (κ1) is 25.1. The molecule has 2 aromatic heterocycles. The summed E-state index contributed by atoms with van der Waals surface area (Å²) in [6.45, 7) is 4.84. The average Bonchev–Trinajstić information content (AvgIpc) is 3.34. The molecule has 0 spiro atoms. The summed E-state index contributed by atoms with van der Waals surface area (Å²) in [5, 5.41) is 3.92. The van der Waals surface area contributed by atoms with Crippen molar-refractivity contribution in [2.45, 2.75) is 25.4 Å². The molecule has 2 unspecified atom stereocenters. The van der Waals surface area contributed by atoms with Crippen molar-refractivity contribution < 1.29 is 18.7 Å². The molecule has 5 rings (SSSR count). The number of hydrogen-bond acceptors (Lipinski definition) is 9. The third kappa shape index (κ3) is 6.07. The van der Waals surface area contributed by atoms with Crippen LogP contribution in [0, 0.1) is 5.82 Å². The molecule has 1 aromatic carbocycles. The first-order chi connectivity index (χ1) is 18.0. The molecule has 2 aliphatic heterocycles. The van der Waals surface area contributed by atoms with E-state index < -0.39 is 11.7 Å². The van der Waals surface area contributed by atoms with Crippen LogP contribution in [0.1, 0.15) is 35.3 Å². The zero-order valence-electron chi connectivity index (χ0n) is 20.2. The van der Waals surface area contributed by atoms with Gasteiger partial charge in [-0.25, -0.2) is 14.4 Å². The summed E-state index contributed by atoms with van der Waals surface area (Å²) in [5.41, 5.74) is 7.94. The minimum Gasteiger partial charge on any atom is -0.378 e. The van der Waals surface area contributed by atoms with Crippen LogP contribution in [0.25, 0.3) is 0 Å². The lowest BCUT2D eigenvalue weighted by Crippen LogP contribution is -2.38. The van der Waals surface area contributed by atoms with Crippen LogP contribution in [0.2, 0.25) is 5.02 Å². The van der Waals surface area contributed by atoms with Gasteiger partial charge in [0, 0.05) is 36.3 Å². The summed E-state index contributed by atoms with van der Waals surface area (Å²) < 4.78 is 25.2. The highest BCUT2D eigenvalue weighted by atomic mass is 35.5. The number of anilines is 4. The Kier molecular flexibility index (Phi) is 7.63. The number of hydrogen-bond donors (Lipinski definition) is 3. The second-order valence-electron chi connectivity index (χ2n) is 8.85. The van der Waals surface area contributed by atoms with Gasteiger partial charge in [-0.05, 0) is 49.2 Å². The van der Waals surface area contributed by atoms with Gasteiger partial charge in [0.05, 0.1) is 37.4 Å². The lowest BCUT2D eigenvalue weighted by molar-refractivity contribution is 0.0957. The molecule has 0 bridgehead atoms. The fraction of sp³-hybridized carbons (Fsp3) is 0.360. The van der Waals surface area contributed by atoms with Gasteiger partial charge in [-0.15, -0.1) is 0 Å². The Morgan fingerprint density at radius 2 is 1.95 bits per heavy atom. The van der Waals surface area contributed by atoms with E-state index >= 15 is 0 Å². The minimum absolute atomic E-state index is 0.0632. The quantitative estimate of drug-likeness (QED) is 0.394. The van der Waals surface area contributed by atoms with Gasteiger partial charge in [0.2, 0.25) is 5.95 Å². The van der Waals surface area contributed by atoms with E-state index in [1.807, 2.05) is 12.1 Å². The molecule has 3 aromatic rings. The van der Waals surface area contributed by atoms with Gasteiger partial charge in [0.25, 0.3) is 5.91 Å². The number of aromatic nitrogens is 3. The zero-order chi connectivity index (χ0) is 25.8. The molecule has 4 heterocycles. The lowest BCUT2D eigenvalue weighted by Gasteiger charge is -2.28. The number of nitrogens with one attached hydrogen (secondary N) is 3. The van der Waals surface area contributed by atoms with Gasteiger partial charge in [-0.1, -0.05) is 11.6 Å². The van der Waals surface area contributed by atoms with E-state index in [-0.39, 0.29) is 23.6 Å². The van der Waals surface area contributed by atoms with Crippen LogP contribution in [0.5, 0.6) is 0 Å². The number of ether oxygens (including phenoxy) is 2. The van der Waals surface area contributed by atoms with E-state index in [0.29, 0.717) is 42.9 Å². The topological polar surface area (TPSA) is 114 Å². The van der Waals surface area contributed by atoms with Crippen LogP contribution in [-0.2, 0) is 9.47 Å². The largest absolute Gasteiger partial charge is 0.378 e. The van der Waals surface area contributed by atoms with Crippen molar-refractivity contribution in [1.82, 2.24) is 20.4 Å². The monoisotopic (exact) mass is 527 g/mol. The molecule has 2 aliphatic rings. The third-order valence-corrected chi connectivity index (χ3v) is 6.55. The number of halogens is 2. The van der Waals surface area contributed by atoms with Crippen LogP contribution < -0.4 is 21.1 Å². The van der Waals surface area contributed by atoms with Gasteiger partial charge in [-0.3, -0.25) is 15.6 Å². The summed E-state index contributed by atoms with van der Waals surface area (Å²) in [6, 6.07) is 9.19. The standard InChI is InChI=1S/C25H27ClFN7O3/c1-15-20(4-7-37-15)16-10-17(26)12-19(11-16)30-18-2-3-22(28-13-18)24(35)32-33-25-29-14-21(27)23(31-25)34-5-8-36-9-6-34/h2-3,10-15,20,30H,4-9H2,1H3,(H,32,35)(H,29,31,33). The second-order valence-corrected chi connectivity index (χ2v) is 9.28. The first-order valence-corrected chi connectivity index (χ1v) is 12.4. The first-order valence-electron chi connectivity index (χ1n) is 12.0. The van der Waals surface area contributed by atoms with Gasteiger partial charge in [0.15, 0.2) is 11.6 Å². The van der Waals surface area contributed by atoms with Crippen molar-refractivity contribution in [3.05, 3.63) is 64.8 Å². The summed E-state index contributed by atoms with van der Waals surface area (Å²) in [7, 11) is 0. The molecule has 3 N–H and O–H groups in total. The number of pyridine rings is 1. The number of carbonyl (C=O) groups is 1. The van der Waals surface area contributed by atoms with E-state index in [0.717, 1.165) is 30.5 Å². The Morgan fingerprint density at radius 3 is 2.68 bits per heavy atom. The number of amides is 1. The van der Waals surface area contributed by atoms with Crippen LogP contribution in [0.4, 0.5) is 27.5 Å². The second kappa shape index (κ2) is 11.2. The summed E-state index contributed by atoms with van der Waals surface area (Å²) in [5.74, 6) is -0.518. The van der Waals surface area contributed by atoms with E-state index in [9.17, 15) is 9.18 Å². The van der Waals surface area contributed by atoms with Crippen LogP contribution in [0.15, 0.2) is 42.7 Å². The molecule has 2 saturated heterocycles. The van der Waals surface area contributed by atoms with Crippen LogP contribution >= 0.6 is 11.6 Å². The molecule has 0 aliphatic carbocycles. The molecule has 37 heavy (non-hydrogen) atoms. The van der Waals surface area contributed by atoms with Crippen molar-refractivity contribution in [2.75, 3.05) is 48.6 Å². The van der Waals surface area contributed by atoms with Crippen molar-refractivity contribution in [3.63, 3.8) is 0 Å². The van der Waals surface area contributed by atoms with E-state index in [4.69, 9.17) is 21.1 Å². The summed E-state index contributed by atoms with van der Waals surface area (Å²) in [6.07, 6.45) is 3.72. The van der Waals surface area contributed by atoms with Crippen LogP contribution in [-0.4, -0.2) is 59.9 Å². The molecule has 1 amide bonds. The van der Waals surface area contributed by atoms with Gasteiger partial charge >= 0.3 is 0 Å². The Morgan fingerprint density at radius 1 is 1.11 bits per heavy atom. The summed E-state index contributed by atoms with van der Waals surface area (Å²) >= 11 is 6.36. The molecule has 194 valence electrons. The number of hydrazine groups is 1. The number of morpholine rings is 1. The van der Waals surface area contributed by atoms with Crippen molar-refractivity contribution >= 4 is 40.6 Å². The molecule has 0 saturated carbocycles. The highest BCUT2D eigenvalue weighted by molar-refractivity contribution is 6.31. The Bertz CT molecular complexity index is 1260. The predicted octanol–water partition coefficient (Wildman–Crippen LogP) is 3.89. The smallest absolute Gasteiger partial charge is 0.288 e. The molecule has 2 fully saturated rings. The Labute approximate surface area is 218 Å². The highest BCUT2D eigenvalue weighted by Gasteiger charge is 2.26. The van der Waals surface area contributed by atoms with E-state index in [1.54, 1.807) is 23.2 Å². The SMILES string of the molecule is CC1OCCC1c1cc(Cl)cc(Nc2ccc(C(=O)NNc3ncc(F)c(N4CCOCC4)n3)nc2)c1.